The van der Waals surface area contributed by atoms with E-state index in [4.69, 9.17) is 15.3 Å². The second-order valence-electron chi connectivity index (χ2n) is 9.78. The van der Waals surface area contributed by atoms with E-state index in [1.807, 2.05) is 84.5 Å². The molecule has 0 atom stereocenters. The number of nitrogens with one attached hydrogen (secondary N) is 1. The number of hydrogen-bond donors (Lipinski definition) is 2. The molecule has 0 spiro atoms. The average Bonchev–Trinajstić information content (AvgIpc) is 3.49. The molecule has 0 unspecified atom stereocenters. The number of rotatable bonds is 8. The van der Waals surface area contributed by atoms with Crippen molar-refractivity contribution in [1.29, 1.82) is 5.26 Å². The van der Waals surface area contributed by atoms with Crippen LogP contribution in [0.2, 0.25) is 0 Å². The van der Waals surface area contributed by atoms with Crippen LogP contribution >= 0.6 is 0 Å². The summed E-state index contributed by atoms with van der Waals surface area (Å²) in [5.41, 5.74) is 6.01. The van der Waals surface area contributed by atoms with Gasteiger partial charge in [0.25, 0.3) is 0 Å². The van der Waals surface area contributed by atoms with Gasteiger partial charge in [-0.15, -0.1) is 5.10 Å². The third-order valence-corrected chi connectivity index (χ3v) is 7.45. The van der Waals surface area contributed by atoms with Crippen LogP contribution in [0.25, 0.3) is 16.7 Å². The van der Waals surface area contributed by atoms with E-state index in [1.54, 1.807) is 18.2 Å². The fraction of sp³-hybridized carbons (Fsp3) is 0.0857. The van der Waals surface area contributed by atoms with E-state index >= 15 is 0 Å². The Hall–Kier alpha value is -5.58. The lowest BCUT2D eigenvalue weighted by Crippen LogP contribution is -2.38. The van der Waals surface area contributed by atoms with Crippen molar-refractivity contribution in [3.63, 3.8) is 0 Å². The van der Waals surface area contributed by atoms with E-state index in [0.717, 1.165) is 33.4 Å². The summed E-state index contributed by atoms with van der Waals surface area (Å²) < 4.78 is 1.90. The van der Waals surface area contributed by atoms with Crippen molar-refractivity contribution in [2.45, 2.75) is 5.54 Å². The number of benzene rings is 4. The molecule has 0 saturated heterocycles. The first-order valence-electron chi connectivity index (χ1n) is 13.6. The molecule has 2 aromatic heterocycles. The number of aliphatic hydroxyl groups excluding tert-OH is 1. The van der Waals surface area contributed by atoms with E-state index in [0.29, 0.717) is 22.5 Å². The normalized spacial score (nSPS) is 11.8. The van der Waals surface area contributed by atoms with Crippen LogP contribution in [0.4, 0.5) is 5.82 Å². The lowest BCUT2D eigenvalue weighted by atomic mass is 9.77. The number of hydrogen-bond acceptors (Lipinski definition) is 6. The minimum absolute atomic E-state index is 0.194. The lowest BCUT2D eigenvalue weighted by Gasteiger charge is -2.36. The van der Waals surface area contributed by atoms with Gasteiger partial charge in [-0.25, -0.2) is 9.67 Å². The van der Waals surface area contributed by atoms with E-state index in [1.165, 1.54) is 0 Å². The topological polar surface area (TPSA) is 99.6 Å². The van der Waals surface area contributed by atoms with Crippen LogP contribution in [0.5, 0.6) is 0 Å². The summed E-state index contributed by atoms with van der Waals surface area (Å²) in [6, 6.07) is 42.2. The zero-order valence-electron chi connectivity index (χ0n) is 23.0. The summed E-state index contributed by atoms with van der Waals surface area (Å²) >= 11 is 0. The molecular weight excluding hydrogens is 520 g/mol. The minimum Gasteiger partial charge on any atom is -0.392 e. The largest absolute Gasteiger partial charge is 0.392 e. The van der Waals surface area contributed by atoms with E-state index in [-0.39, 0.29) is 6.61 Å². The van der Waals surface area contributed by atoms with E-state index in [9.17, 15) is 10.4 Å². The molecule has 7 nitrogen and oxygen atoms in total. The fourth-order valence-corrected chi connectivity index (χ4v) is 5.60. The van der Waals surface area contributed by atoms with Crippen molar-refractivity contribution in [3.8, 4) is 6.07 Å². The Bertz CT molecular complexity index is 1810. The molecule has 4 aromatic carbocycles. The zero-order valence-corrected chi connectivity index (χ0v) is 23.0. The van der Waals surface area contributed by atoms with Gasteiger partial charge in [-0.1, -0.05) is 114 Å². The Morgan fingerprint density at radius 1 is 0.857 bits per heavy atom. The number of pyridine rings is 1. The van der Waals surface area contributed by atoms with E-state index < -0.39 is 5.54 Å². The molecule has 0 aliphatic carbocycles. The first kappa shape index (κ1) is 26.6. The smallest absolute Gasteiger partial charge is 0.182 e. The third kappa shape index (κ3) is 4.50. The van der Waals surface area contributed by atoms with Gasteiger partial charge in [0, 0.05) is 12.6 Å². The van der Waals surface area contributed by atoms with Crippen LogP contribution < -0.4 is 5.32 Å². The molecule has 0 aliphatic rings. The van der Waals surface area contributed by atoms with Gasteiger partial charge in [0.1, 0.15) is 16.9 Å². The summed E-state index contributed by atoms with van der Waals surface area (Å²) in [6.45, 7) is -0.194. The second-order valence-corrected chi connectivity index (χ2v) is 9.78. The van der Waals surface area contributed by atoms with Crippen molar-refractivity contribution < 1.29 is 5.11 Å². The molecule has 2 heterocycles. The highest BCUT2D eigenvalue weighted by Crippen LogP contribution is 2.42. The van der Waals surface area contributed by atoms with Gasteiger partial charge in [0.05, 0.1) is 18.2 Å². The quantitative estimate of drug-likeness (QED) is 0.226. The van der Waals surface area contributed by atoms with Crippen LogP contribution in [-0.2, 0) is 5.54 Å². The van der Waals surface area contributed by atoms with Gasteiger partial charge >= 0.3 is 0 Å². The summed E-state index contributed by atoms with van der Waals surface area (Å²) in [6.07, 6.45) is 1.72. The van der Waals surface area contributed by atoms with Crippen LogP contribution in [-0.4, -0.2) is 38.7 Å². The number of aromatic nitrogens is 4. The predicted molar refractivity (Wildman–Crippen MR) is 165 cm³/mol. The SMILES string of the molecule is CNc1cc(/C(=C/CO)c2cccc(C#N)c2)c2nnn(C(c3ccccc3)(c3ccccc3)c3ccccc3)c2n1. The Morgan fingerprint density at radius 3 is 1.98 bits per heavy atom. The monoisotopic (exact) mass is 548 g/mol. The van der Waals surface area contributed by atoms with Crippen molar-refractivity contribution >= 4 is 22.6 Å². The summed E-state index contributed by atoms with van der Waals surface area (Å²) in [4.78, 5) is 5.01. The number of fused-ring (bicyclic) bond motifs is 1. The molecule has 6 rings (SSSR count). The molecule has 0 radical (unpaired) electrons. The highest BCUT2D eigenvalue weighted by atomic mass is 16.2. The Labute approximate surface area is 244 Å². The number of nitrogens with zero attached hydrogens (tertiary/aromatic N) is 5. The minimum atomic E-state index is -0.906. The maximum absolute atomic E-state index is 10.1. The predicted octanol–water partition coefficient (Wildman–Crippen LogP) is 6.00. The van der Waals surface area contributed by atoms with Crippen LogP contribution in [0.3, 0.4) is 0 Å². The van der Waals surface area contributed by atoms with Gasteiger partial charge in [-0.05, 0) is 46.0 Å². The van der Waals surface area contributed by atoms with Gasteiger partial charge in [-0.3, -0.25) is 0 Å². The molecular formula is C35H28N6O. The van der Waals surface area contributed by atoms with Crippen LogP contribution in [0, 0.1) is 11.3 Å². The van der Waals surface area contributed by atoms with Crippen molar-refractivity contribution in [1.82, 2.24) is 20.0 Å². The van der Waals surface area contributed by atoms with Crippen LogP contribution in [0.15, 0.2) is 127 Å². The summed E-state index contributed by atoms with van der Waals surface area (Å²) in [5.74, 6) is 0.615. The first-order valence-corrected chi connectivity index (χ1v) is 13.6. The summed E-state index contributed by atoms with van der Waals surface area (Å²) in [7, 11) is 1.82. The molecule has 42 heavy (non-hydrogen) atoms. The molecule has 204 valence electrons. The van der Waals surface area contributed by atoms with Crippen molar-refractivity contribution in [2.75, 3.05) is 19.0 Å². The second kappa shape index (κ2) is 11.5. The number of nitriles is 1. The maximum Gasteiger partial charge on any atom is 0.182 e. The molecule has 0 bridgehead atoms. The number of aliphatic hydroxyl groups is 1. The zero-order chi connectivity index (χ0) is 28.9. The van der Waals surface area contributed by atoms with Crippen LogP contribution in [0.1, 0.15) is 33.4 Å². The Kier molecular flexibility index (Phi) is 7.29. The highest BCUT2D eigenvalue weighted by Gasteiger charge is 2.41. The first-order chi connectivity index (χ1) is 20.7. The standard InChI is InChI=1S/C35H28N6O/c1-37-32-23-31(30(20-21-42)26-13-11-12-25(22-26)24-36)33-34(38-32)41(40-39-33)35(27-14-5-2-6-15-27,28-16-7-3-8-17-28)29-18-9-4-10-19-29/h2-20,22-23,42H,21H2,1H3,(H,37,38)/b30-20+. The van der Waals surface area contributed by atoms with Gasteiger partial charge in [-0.2, -0.15) is 5.26 Å². The Morgan fingerprint density at radius 2 is 1.45 bits per heavy atom. The Balaban J connectivity index is 1.72. The van der Waals surface area contributed by atoms with Gasteiger partial charge < -0.3 is 10.4 Å². The fourth-order valence-electron chi connectivity index (χ4n) is 5.60. The molecule has 0 amide bonds. The molecule has 0 fully saturated rings. The maximum atomic E-state index is 10.1. The van der Waals surface area contributed by atoms with Crippen molar-refractivity contribution in [2.24, 2.45) is 0 Å². The highest BCUT2D eigenvalue weighted by molar-refractivity contribution is 5.94. The molecule has 7 heteroatoms. The molecule has 2 N–H and O–H groups in total. The molecule has 0 saturated carbocycles. The lowest BCUT2D eigenvalue weighted by molar-refractivity contribution is 0.343. The molecule has 6 aromatic rings. The average molecular weight is 549 g/mol. The van der Waals surface area contributed by atoms with Gasteiger partial charge in [0.15, 0.2) is 5.65 Å². The molecule has 0 aliphatic heterocycles. The third-order valence-electron chi connectivity index (χ3n) is 7.45. The van der Waals surface area contributed by atoms with E-state index in [2.05, 4.69) is 47.8 Å². The van der Waals surface area contributed by atoms with Crippen molar-refractivity contribution in [3.05, 3.63) is 161 Å². The number of anilines is 1. The van der Waals surface area contributed by atoms with Gasteiger partial charge in [0.2, 0.25) is 0 Å². The summed E-state index contributed by atoms with van der Waals surface area (Å²) in [5, 5.41) is 32.4.